The fourth-order valence-corrected chi connectivity index (χ4v) is 3.79. The van der Waals surface area contributed by atoms with Crippen LogP contribution in [0.15, 0.2) is 0 Å². The zero-order chi connectivity index (χ0) is 18.0. The van der Waals surface area contributed by atoms with E-state index in [1.165, 1.54) is 0 Å². The molecule has 3 aliphatic heterocycles. The SMILES string of the molecule is CC(C)C[C@@H]1NC(=O)[C@H]2CCCN2C(=O)CNC2(CNC2)CNC1=O. The van der Waals surface area contributed by atoms with Crippen LogP contribution in [0.4, 0.5) is 0 Å². The molecule has 0 aromatic heterocycles. The standard InChI is InChI=1S/C17H29N5O3/c1-11(2)6-12-15(24)19-10-17(8-18-9-17)20-7-14(23)22-5-3-4-13(22)16(25)21-12/h11-13,18,20H,3-10H2,1-2H3,(H,19,24)(H,21,25)/t12-,13+/m0/s1. The second-order valence-electron chi connectivity index (χ2n) is 7.89. The van der Waals surface area contributed by atoms with Gasteiger partial charge >= 0.3 is 0 Å². The van der Waals surface area contributed by atoms with E-state index in [9.17, 15) is 14.4 Å². The minimum atomic E-state index is -0.561. The summed E-state index contributed by atoms with van der Waals surface area (Å²) in [6, 6.07) is -1.03. The summed E-state index contributed by atoms with van der Waals surface area (Å²) in [5, 5.41) is 12.4. The Labute approximate surface area is 148 Å². The number of hydrogen-bond acceptors (Lipinski definition) is 5. The Morgan fingerprint density at radius 3 is 2.56 bits per heavy atom. The van der Waals surface area contributed by atoms with Crippen LogP contribution in [0.25, 0.3) is 0 Å². The quantitative estimate of drug-likeness (QED) is 0.489. The van der Waals surface area contributed by atoms with E-state index >= 15 is 0 Å². The predicted molar refractivity (Wildman–Crippen MR) is 92.7 cm³/mol. The zero-order valence-corrected chi connectivity index (χ0v) is 15.1. The molecule has 3 rings (SSSR count). The van der Waals surface area contributed by atoms with Crippen LogP contribution in [0.5, 0.6) is 0 Å². The van der Waals surface area contributed by atoms with E-state index in [1.807, 2.05) is 13.8 Å². The van der Waals surface area contributed by atoms with Gasteiger partial charge < -0.3 is 20.9 Å². The number of rotatable bonds is 2. The summed E-state index contributed by atoms with van der Waals surface area (Å²) in [6.07, 6.45) is 2.05. The Kier molecular flexibility index (Phi) is 5.29. The van der Waals surface area contributed by atoms with Gasteiger partial charge in [-0.05, 0) is 25.2 Å². The maximum Gasteiger partial charge on any atom is 0.243 e. The van der Waals surface area contributed by atoms with E-state index in [2.05, 4.69) is 21.3 Å². The van der Waals surface area contributed by atoms with Crippen LogP contribution in [0.3, 0.4) is 0 Å². The van der Waals surface area contributed by atoms with E-state index in [1.54, 1.807) is 4.90 Å². The van der Waals surface area contributed by atoms with Gasteiger partial charge in [0.25, 0.3) is 0 Å². The van der Waals surface area contributed by atoms with Gasteiger partial charge in [-0.25, -0.2) is 0 Å². The molecule has 8 nitrogen and oxygen atoms in total. The molecule has 2 atom stereocenters. The molecular weight excluding hydrogens is 322 g/mol. The minimum absolute atomic E-state index is 0.0452. The van der Waals surface area contributed by atoms with Gasteiger partial charge in [-0.2, -0.15) is 0 Å². The predicted octanol–water partition coefficient (Wildman–Crippen LogP) is -1.43. The molecule has 0 unspecified atom stereocenters. The van der Waals surface area contributed by atoms with Crippen molar-refractivity contribution in [1.82, 2.24) is 26.2 Å². The normalized spacial score (nSPS) is 30.2. The Bertz CT molecular complexity index is 546. The van der Waals surface area contributed by atoms with Crippen LogP contribution in [-0.2, 0) is 14.4 Å². The molecule has 3 aliphatic rings. The third-order valence-electron chi connectivity index (χ3n) is 5.36. The number of carbonyl (C=O) groups is 3. The lowest BCUT2D eigenvalue weighted by atomic mass is 9.91. The van der Waals surface area contributed by atoms with Crippen molar-refractivity contribution >= 4 is 17.7 Å². The highest BCUT2D eigenvalue weighted by Crippen LogP contribution is 2.19. The monoisotopic (exact) mass is 351 g/mol. The first-order valence-electron chi connectivity index (χ1n) is 9.23. The van der Waals surface area contributed by atoms with Crippen molar-refractivity contribution in [3.63, 3.8) is 0 Å². The van der Waals surface area contributed by atoms with Crippen LogP contribution in [0.2, 0.25) is 0 Å². The van der Waals surface area contributed by atoms with Gasteiger partial charge in [0.1, 0.15) is 12.1 Å². The average molecular weight is 351 g/mol. The summed E-state index contributed by atoms with van der Waals surface area (Å²) in [5.74, 6) is -0.127. The zero-order valence-electron chi connectivity index (χ0n) is 15.1. The number of nitrogens with one attached hydrogen (secondary N) is 4. The molecule has 0 aromatic carbocycles. The lowest BCUT2D eigenvalue weighted by Crippen LogP contribution is -2.73. The largest absolute Gasteiger partial charge is 0.352 e. The lowest BCUT2D eigenvalue weighted by Gasteiger charge is -2.44. The Morgan fingerprint density at radius 2 is 1.92 bits per heavy atom. The topological polar surface area (TPSA) is 103 Å². The van der Waals surface area contributed by atoms with Crippen LogP contribution in [0, 0.1) is 5.92 Å². The number of amides is 3. The van der Waals surface area contributed by atoms with Crippen molar-refractivity contribution in [1.29, 1.82) is 0 Å². The molecule has 0 radical (unpaired) electrons. The minimum Gasteiger partial charge on any atom is -0.352 e. The van der Waals surface area contributed by atoms with Gasteiger partial charge in [0.2, 0.25) is 17.7 Å². The molecular formula is C17H29N5O3. The Morgan fingerprint density at radius 1 is 1.16 bits per heavy atom. The lowest BCUT2D eigenvalue weighted by molar-refractivity contribution is -0.139. The Hall–Kier alpha value is -1.67. The van der Waals surface area contributed by atoms with Crippen LogP contribution < -0.4 is 21.3 Å². The van der Waals surface area contributed by atoms with Crippen LogP contribution in [-0.4, -0.2) is 73.0 Å². The van der Waals surface area contributed by atoms with E-state index in [0.717, 1.165) is 6.42 Å². The smallest absolute Gasteiger partial charge is 0.243 e. The summed E-state index contributed by atoms with van der Waals surface area (Å²) in [5.41, 5.74) is -0.286. The summed E-state index contributed by atoms with van der Waals surface area (Å²) in [6.45, 7) is 6.72. The number of hydrogen-bond donors (Lipinski definition) is 4. The summed E-state index contributed by atoms with van der Waals surface area (Å²) in [7, 11) is 0. The molecule has 4 N–H and O–H groups in total. The van der Waals surface area contributed by atoms with Crippen molar-refractivity contribution in [2.45, 2.75) is 50.7 Å². The van der Waals surface area contributed by atoms with Gasteiger partial charge in [0.15, 0.2) is 0 Å². The molecule has 0 aromatic rings. The molecule has 1 spiro atoms. The van der Waals surface area contributed by atoms with Crippen molar-refractivity contribution in [2.75, 3.05) is 32.7 Å². The summed E-state index contributed by atoms with van der Waals surface area (Å²) < 4.78 is 0. The number of fused-ring (bicyclic) bond motifs is 1. The second-order valence-corrected chi connectivity index (χ2v) is 7.89. The molecule has 3 heterocycles. The van der Waals surface area contributed by atoms with Gasteiger partial charge in [0.05, 0.1) is 12.1 Å². The van der Waals surface area contributed by atoms with E-state index in [4.69, 9.17) is 0 Å². The molecule has 140 valence electrons. The van der Waals surface area contributed by atoms with Gasteiger partial charge in [0, 0.05) is 26.2 Å². The molecule has 25 heavy (non-hydrogen) atoms. The van der Waals surface area contributed by atoms with Crippen molar-refractivity contribution in [3.8, 4) is 0 Å². The average Bonchev–Trinajstić information content (AvgIpc) is 3.00. The van der Waals surface area contributed by atoms with E-state index in [-0.39, 0.29) is 35.7 Å². The number of nitrogens with zero attached hydrogens (tertiary/aromatic N) is 1. The highest BCUT2D eigenvalue weighted by atomic mass is 16.2. The molecule has 0 saturated carbocycles. The summed E-state index contributed by atoms with van der Waals surface area (Å²) in [4.78, 5) is 39.6. The van der Waals surface area contributed by atoms with E-state index in [0.29, 0.717) is 39.0 Å². The summed E-state index contributed by atoms with van der Waals surface area (Å²) >= 11 is 0. The molecule has 3 fully saturated rings. The van der Waals surface area contributed by atoms with Crippen molar-refractivity contribution in [2.24, 2.45) is 5.92 Å². The fourth-order valence-electron chi connectivity index (χ4n) is 3.79. The number of carbonyl (C=O) groups excluding carboxylic acids is 3. The molecule has 3 amide bonds. The fraction of sp³-hybridized carbons (Fsp3) is 0.824. The van der Waals surface area contributed by atoms with Gasteiger partial charge in [-0.1, -0.05) is 13.8 Å². The Balaban J connectivity index is 1.80. The third kappa shape index (κ3) is 3.95. The van der Waals surface area contributed by atoms with Crippen molar-refractivity contribution in [3.05, 3.63) is 0 Å². The first-order chi connectivity index (χ1) is 11.9. The third-order valence-corrected chi connectivity index (χ3v) is 5.36. The molecule has 0 bridgehead atoms. The molecule has 8 heteroatoms. The maximum absolute atomic E-state index is 12.7. The second kappa shape index (κ2) is 7.29. The van der Waals surface area contributed by atoms with E-state index < -0.39 is 12.1 Å². The first-order valence-corrected chi connectivity index (χ1v) is 9.23. The maximum atomic E-state index is 12.7. The molecule has 3 saturated heterocycles. The highest BCUT2D eigenvalue weighted by molar-refractivity contribution is 5.93. The highest BCUT2D eigenvalue weighted by Gasteiger charge is 2.41. The van der Waals surface area contributed by atoms with Gasteiger partial charge in [-0.15, -0.1) is 0 Å². The van der Waals surface area contributed by atoms with Crippen LogP contribution in [0.1, 0.15) is 33.1 Å². The van der Waals surface area contributed by atoms with Gasteiger partial charge in [-0.3, -0.25) is 19.7 Å². The molecule has 0 aliphatic carbocycles. The van der Waals surface area contributed by atoms with Crippen LogP contribution >= 0.6 is 0 Å². The first kappa shape index (κ1) is 18.1. The van der Waals surface area contributed by atoms with Crippen molar-refractivity contribution < 1.29 is 14.4 Å².